The first-order valence-corrected chi connectivity index (χ1v) is 5.32. The predicted octanol–water partition coefficient (Wildman–Crippen LogP) is 1.70. The van der Waals surface area contributed by atoms with E-state index >= 15 is 0 Å². The Morgan fingerprint density at radius 3 is 2.23 bits per heavy atom. The van der Waals surface area contributed by atoms with Crippen LogP contribution in [0.3, 0.4) is 0 Å². The van der Waals surface area contributed by atoms with Crippen molar-refractivity contribution in [1.29, 1.82) is 5.26 Å². The van der Waals surface area contributed by atoms with Gasteiger partial charge in [0.15, 0.2) is 0 Å². The van der Waals surface area contributed by atoms with E-state index in [1.54, 1.807) is 0 Å². The summed E-state index contributed by atoms with van der Waals surface area (Å²) < 4.78 is 0. The van der Waals surface area contributed by atoms with Crippen LogP contribution in [0.2, 0.25) is 0 Å². The molecule has 4 aliphatic rings. The lowest BCUT2D eigenvalue weighted by molar-refractivity contribution is -0.140. The van der Waals surface area contributed by atoms with Gasteiger partial charge in [0.05, 0.1) is 17.6 Å². The van der Waals surface area contributed by atoms with Gasteiger partial charge < -0.3 is 5.11 Å². The normalized spacial score (nSPS) is 57.8. The minimum atomic E-state index is -0.371. The maximum Gasteiger partial charge on any atom is 0.0661 e. The summed E-state index contributed by atoms with van der Waals surface area (Å²) in [4.78, 5) is 0. The zero-order valence-corrected chi connectivity index (χ0v) is 7.74. The van der Waals surface area contributed by atoms with Gasteiger partial charge in [-0.2, -0.15) is 5.26 Å². The molecule has 0 amide bonds. The van der Waals surface area contributed by atoms with Gasteiger partial charge in [0.1, 0.15) is 0 Å². The van der Waals surface area contributed by atoms with Crippen molar-refractivity contribution >= 4 is 0 Å². The second-order valence-corrected chi connectivity index (χ2v) is 5.35. The summed E-state index contributed by atoms with van der Waals surface area (Å²) in [5, 5.41) is 19.3. The molecule has 2 heteroatoms. The molecule has 5 atom stereocenters. The SMILES string of the molecule is N#CC1[C@@H]2CC3C[C@H]1CC(O)(C3)C2. The molecule has 0 saturated heterocycles. The van der Waals surface area contributed by atoms with E-state index in [1.807, 2.05) is 0 Å². The van der Waals surface area contributed by atoms with Crippen LogP contribution in [0.15, 0.2) is 0 Å². The molecule has 4 saturated carbocycles. The monoisotopic (exact) mass is 177 g/mol. The van der Waals surface area contributed by atoms with Gasteiger partial charge in [-0.1, -0.05) is 0 Å². The van der Waals surface area contributed by atoms with Crippen LogP contribution in [-0.4, -0.2) is 10.7 Å². The molecule has 0 spiro atoms. The maximum atomic E-state index is 10.2. The van der Waals surface area contributed by atoms with Crippen LogP contribution in [0.5, 0.6) is 0 Å². The number of aliphatic hydroxyl groups is 1. The third-order valence-electron chi connectivity index (χ3n) is 4.39. The highest BCUT2D eigenvalue weighted by Crippen LogP contribution is 2.57. The van der Waals surface area contributed by atoms with Gasteiger partial charge in [0.25, 0.3) is 0 Å². The lowest BCUT2D eigenvalue weighted by Gasteiger charge is -2.56. The molecule has 0 aliphatic heterocycles. The van der Waals surface area contributed by atoms with Crippen molar-refractivity contribution in [3.63, 3.8) is 0 Å². The van der Waals surface area contributed by atoms with Crippen molar-refractivity contribution in [1.82, 2.24) is 0 Å². The molecule has 0 aromatic carbocycles. The Kier molecular flexibility index (Phi) is 1.37. The van der Waals surface area contributed by atoms with Crippen molar-refractivity contribution in [3.8, 4) is 6.07 Å². The second kappa shape index (κ2) is 2.27. The Labute approximate surface area is 78.6 Å². The van der Waals surface area contributed by atoms with E-state index in [9.17, 15) is 5.11 Å². The van der Waals surface area contributed by atoms with Gasteiger partial charge in [-0.15, -0.1) is 0 Å². The first kappa shape index (κ1) is 7.82. The second-order valence-electron chi connectivity index (χ2n) is 5.35. The van der Waals surface area contributed by atoms with Crippen LogP contribution in [-0.2, 0) is 0 Å². The fourth-order valence-corrected chi connectivity index (χ4v) is 4.19. The Hall–Kier alpha value is -0.550. The van der Waals surface area contributed by atoms with Crippen molar-refractivity contribution in [2.24, 2.45) is 23.7 Å². The summed E-state index contributed by atoms with van der Waals surface area (Å²) in [6.07, 6.45) is 5.22. The predicted molar refractivity (Wildman–Crippen MR) is 47.6 cm³/mol. The molecule has 2 nitrogen and oxygen atoms in total. The lowest BCUT2D eigenvalue weighted by atomic mass is 9.50. The molecule has 1 N–H and O–H groups in total. The van der Waals surface area contributed by atoms with Crippen molar-refractivity contribution < 1.29 is 5.11 Å². The van der Waals surface area contributed by atoms with E-state index in [2.05, 4.69) is 6.07 Å². The maximum absolute atomic E-state index is 10.2. The van der Waals surface area contributed by atoms with Crippen molar-refractivity contribution in [2.75, 3.05) is 0 Å². The molecule has 4 fully saturated rings. The van der Waals surface area contributed by atoms with Crippen LogP contribution >= 0.6 is 0 Å². The largest absolute Gasteiger partial charge is 0.390 e. The number of hydrogen-bond acceptors (Lipinski definition) is 2. The molecule has 4 bridgehead atoms. The Bertz CT molecular complexity index is 264. The highest BCUT2D eigenvalue weighted by Gasteiger charge is 2.54. The molecule has 3 unspecified atom stereocenters. The Balaban J connectivity index is 1.95. The lowest BCUT2D eigenvalue weighted by Crippen LogP contribution is -2.54. The summed E-state index contributed by atoms with van der Waals surface area (Å²) in [6, 6.07) is 2.45. The highest BCUT2D eigenvalue weighted by atomic mass is 16.3. The zero-order valence-electron chi connectivity index (χ0n) is 7.74. The topological polar surface area (TPSA) is 44.0 Å². The van der Waals surface area contributed by atoms with Crippen LogP contribution in [0, 0.1) is 35.0 Å². The fourth-order valence-electron chi connectivity index (χ4n) is 4.19. The Morgan fingerprint density at radius 2 is 1.77 bits per heavy atom. The van der Waals surface area contributed by atoms with E-state index in [0.717, 1.165) is 25.2 Å². The summed E-state index contributed by atoms with van der Waals surface area (Å²) in [5.74, 6) is 2.02. The Morgan fingerprint density at radius 1 is 1.15 bits per heavy atom. The number of nitriles is 1. The van der Waals surface area contributed by atoms with E-state index in [4.69, 9.17) is 5.26 Å². The molecular formula is C11H15NO. The van der Waals surface area contributed by atoms with Crippen LogP contribution in [0.1, 0.15) is 32.1 Å². The molecule has 0 aromatic heterocycles. The van der Waals surface area contributed by atoms with Crippen LogP contribution < -0.4 is 0 Å². The summed E-state index contributed by atoms with van der Waals surface area (Å²) in [5.41, 5.74) is -0.371. The third kappa shape index (κ3) is 0.971. The van der Waals surface area contributed by atoms with Crippen LogP contribution in [0.4, 0.5) is 0 Å². The van der Waals surface area contributed by atoms with Gasteiger partial charge >= 0.3 is 0 Å². The molecule has 4 rings (SSSR count). The molecule has 70 valence electrons. The number of hydrogen-bond donors (Lipinski definition) is 1. The molecule has 0 heterocycles. The van der Waals surface area contributed by atoms with E-state index in [1.165, 1.54) is 12.8 Å². The van der Waals surface area contributed by atoms with E-state index < -0.39 is 0 Å². The highest BCUT2D eigenvalue weighted by molar-refractivity contribution is 5.10. The van der Waals surface area contributed by atoms with Crippen molar-refractivity contribution in [3.05, 3.63) is 0 Å². The van der Waals surface area contributed by atoms with Gasteiger partial charge in [0.2, 0.25) is 0 Å². The summed E-state index contributed by atoms with van der Waals surface area (Å²) in [6.45, 7) is 0. The molecule has 0 aromatic rings. The van der Waals surface area contributed by atoms with Crippen molar-refractivity contribution in [2.45, 2.75) is 37.7 Å². The van der Waals surface area contributed by atoms with E-state index in [-0.39, 0.29) is 11.5 Å². The number of nitrogens with zero attached hydrogens (tertiary/aromatic N) is 1. The third-order valence-corrected chi connectivity index (χ3v) is 4.39. The quantitative estimate of drug-likeness (QED) is 0.612. The fraction of sp³-hybridized carbons (Fsp3) is 0.909. The van der Waals surface area contributed by atoms with Gasteiger partial charge in [-0.25, -0.2) is 0 Å². The average molecular weight is 177 g/mol. The smallest absolute Gasteiger partial charge is 0.0661 e. The summed E-state index contributed by atoms with van der Waals surface area (Å²) >= 11 is 0. The summed E-state index contributed by atoms with van der Waals surface area (Å²) in [7, 11) is 0. The van der Waals surface area contributed by atoms with Crippen LogP contribution in [0.25, 0.3) is 0 Å². The minimum absolute atomic E-state index is 0.261. The van der Waals surface area contributed by atoms with Gasteiger partial charge in [0, 0.05) is 0 Å². The standard InChI is InChI=1S/C11H15NO/c12-6-10-8-1-7-2-9(10)5-11(13,3-7)4-8/h7-10,13H,1-5H2/t7?,8-,9+,10?,11?. The van der Waals surface area contributed by atoms with Gasteiger partial charge in [-0.05, 0) is 49.9 Å². The van der Waals surface area contributed by atoms with E-state index in [0.29, 0.717) is 11.8 Å². The first-order chi connectivity index (χ1) is 6.20. The number of rotatable bonds is 0. The minimum Gasteiger partial charge on any atom is -0.390 e. The average Bonchev–Trinajstić information content (AvgIpc) is 2.00. The first-order valence-electron chi connectivity index (χ1n) is 5.32. The molecular weight excluding hydrogens is 162 g/mol. The molecule has 0 radical (unpaired) electrons. The molecule has 13 heavy (non-hydrogen) atoms. The molecule has 4 aliphatic carbocycles. The zero-order chi connectivity index (χ0) is 9.05. The van der Waals surface area contributed by atoms with Gasteiger partial charge in [-0.3, -0.25) is 0 Å².